The van der Waals surface area contributed by atoms with Crippen LogP contribution in [-0.2, 0) is 21.2 Å². The van der Waals surface area contributed by atoms with E-state index in [1.807, 2.05) is 29.0 Å². The number of rotatable bonds is 4. The smallest absolute Gasteiger partial charge is 0.233 e. The molecule has 7 heteroatoms. The Morgan fingerprint density at radius 3 is 2.78 bits per heavy atom. The van der Waals surface area contributed by atoms with E-state index >= 15 is 0 Å². The topological polar surface area (TPSA) is 76.1 Å². The number of sulfonamides is 1. The minimum absolute atomic E-state index is 0.118. The predicted molar refractivity (Wildman–Crippen MR) is 70.9 cm³/mol. The molecule has 1 N–H and O–H groups in total. The summed E-state index contributed by atoms with van der Waals surface area (Å²) in [6.07, 6.45) is 1.52. The second-order valence-electron chi connectivity index (χ2n) is 3.87. The van der Waals surface area contributed by atoms with Crippen LogP contribution in [0.1, 0.15) is 11.4 Å². The number of carbonyl (C=O) groups is 1. The molecule has 0 fully saturated rings. The first-order chi connectivity index (χ1) is 8.44. The third-order valence-corrected chi connectivity index (χ3v) is 3.90. The molecule has 1 aromatic heterocycles. The van der Waals surface area contributed by atoms with E-state index < -0.39 is 15.9 Å². The molecule has 2 aromatic rings. The average molecular weight is 284 g/mol. The molecule has 1 aromatic carbocycles. The number of aryl methyl sites for hydroxylation is 1. The standard InChI is InChI=1S/C11H12N2O3S2/c1-18(15,16)13-10(14)6-7-11-12-8-4-2-3-5-9(8)17-11/h2-5H,6-7H2,1H3,(H,13,14). The Morgan fingerprint density at radius 2 is 2.11 bits per heavy atom. The summed E-state index contributed by atoms with van der Waals surface area (Å²) < 4.78 is 24.7. The normalized spacial score (nSPS) is 11.6. The molecule has 1 heterocycles. The van der Waals surface area contributed by atoms with Gasteiger partial charge in [-0.05, 0) is 12.1 Å². The van der Waals surface area contributed by atoms with Crippen LogP contribution in [0.4, 0.5) is 0 Å². The van der Waals surface area contributed by atoms with E-state index in [0.717, 1.165) is 21.5 Å². The molecular weight excluding hydrogens is 272 g/mol. The van der Waals surface area contributed by atoms with Gasteiger partial charge >= 0.3 is 0 Å². The van der Waals surface area contributed by atoms with Gasteiger partial charge < -0.3 is 0 Å². The Morgan fingerprint density at radius 1 is 1.39 bits per heavy atom. The molecule has 0 saturated heterocycles. The van der Waals surface area contributed by atoms with Gasteiger partial charge in [-0.25, -0.2) is 13.4 Å². The summed E-state index contributed by atoms with van der Waals surface area (Å²) in [7, 11) is -3.47. The lowest BCUT2D eigenvalue weighted by Crippen LogP contribution is -2.29. The zero-order valence-electron chi connectivity index (χ0n) is 9.71. The fourth-order valence-electron chi connectivity index (χ4n) is 1.51. The molecule has 0 spiro atoms. The lowest BCUT2D eigenvalue weighted by Gasteiger charge is -2.00. The Balaban J connectivity index is 2.00. The van der Waals surface area contributed by atoms with E-state index in [0.29, 0.717) is 6.42 Å². The van der Waals surface area contributed by atoms with Crippen LogP contribution in [0.25, 0.3) is 10.2 Å². The van der Waals surface area contributed by atoms with Crippen molar-refractivity contribution in [3.63, 3.8) is 0 Å². The van der Waals surface area contributed by atoms with Crippen LogP contribution in [0.3, 0.4) is 0 Å². The molecule has 96 valence electrons. The Kier molecular flexibility index (Phi) is 3.63. The number of hydrogen-bond acceptors (Lipinski definition) is 5. The highest BCUT2D eigenvalue weighted by atomic mass is 32.2. The van der Waals surface area contributed by atoms with Crippen molar-refractivity contribution in [2.75, 3.05) is 6.26 Å². The summed E-state index contributed by atoms with van der Waals surface area (Å²) >= 11 is 1.52. The quantitative estimate of drug-likeness (QED) is 0.918. The van der Waals surface area contributed by atoms with Crippen molar-refractivity contribution in [3.05, 3.63) is 29.3 Å². The SMILES string of the molecule is CS(=O)(=O)NC(=O)CCc1nc2ccccc2s1. The van der Waals surface area contributed by atoms with Crippen LogP contribution < -0.4 is 4.72 Å². The number of hydrogen-bond donors (Lipinski definition) is 1. The van der Waals surface area contributed by atoms with Gasteiger partial charge in [0.25, 0.3) is 0 Å². The van der Waals surface area contributed by atoms with Crippen molar-refractivity contribution in [1.29, 1.82) is 0 Å². The van der Waals surface area contributed by atoms with Gasteiger partial charge in [-0.3, -0.25) is 9.52 Å². The number of fused-ring (bicyclic) bond motifs is 1. The van der Waals surface area contributed by atoms with Crippen LogP contribution in [-0.4, -0.2) is 25.6 Å². The summed E-state index contributed by atoms with van der Waals surface area (Å²) in [6.45, 7) is 0. The fraction of sp³-hybridized carbons (Fsp3) is 0.273. The summed E-state index contributed by atoms with van der Waals surface area (Å²) in [4.78, 5) is 15.7. The van der Waals surface area contributed by atoms with E-state index in [-0.39, 0.29) is 6.42 Å². The largest absolute Gasteiger partial charge is 0.274 e. The zero-order valence-corrected chi connectivity index (χ0v) is 11.3. The van der Waals surface area contributed by atoms with Gasteiger partial charge in [-0.2, -0.15) is 0 Å². The van der Waals surface area contributed by atoms with Crippen LogP contribution in [0.15, 0.2) is 24.3 Å². The van der Waals surface area contributed by atoms with Gasteiger partial charge in [0.1, 0.15) is 0 Å². The highest BCUT2D eigenvalue weighted by Gasteiger charge is 2.10. The number of benzene rings is 1. The van der Waals surface area contributed by atoms with Crippen molar-refractivity contribution in [3.8, 4) is 0 Å². The second-order valence-corrected chi connectivity index (χ2v) is 6.74. The maximum atomic E-state index is 11.3. The summed E-state index contributed by atoms with van der Waals surface area (Å²) in [6, 6.07) is 7.71. The molecule has 0 aliphatic heterocycles. The minimum atomic E-state index is -3.47. The lowest BCUT2D eigenvalue weighted by atomic mass is 10.3. The highest BCUT2D eigenvalue weighted by Crippen LogP contribution is 2.22. The monoisotopic (exact) mass is 284 g/mol. The second kappa shape index (κ2) is 5.03. The van der Waals surface area contributed by atoms with Gasteiger partial charge in [0, 0.05) is 12.8 Å². The van der Waals surface area contributed by atoms with Crippen molar-refractivity contribution >= 4 is 37.5 Å². The first-order valence-corrected chi connectivity index (χ1v) is 8.00. The van der Waals surface area contributed by atoms with Gasteiger partial charge in [-0.15, -0.1) is 11.3 Å². The van der Waals surface area contributed by atoms with Gasteiger partial charge in [0.15, 0.2) is 0 Å². The molecule has 5 nitrogen and oxygen atoms in total. The molecule has 0 saturated carbocycles. The van der Waals surface area contributed by atoms with Crippen LogP contribution >= 0.6 is 11.3 Å². The Bertz CT molecular complexity index is 643. The number of amides is 1. The molecule has 0 unspecified atom stereocenters. The lowest BCUT2D eigenvalue weighted by molar-refractivity contribution is -0.119. The van der Waals surface area contributed by atoms with E-state index in [2.05, 4.69) is 4.98 Å². The highest BCUT2D eigenvalue weighted by molar-refractivity contribution is 7.89. The van der Waals surface area contributed by atoms with E-state index in [1.54, 1.807) is 0 Å². The number of nitrogens with one attached hydrogen (secondary N) is 1. The Labute approximate surface area is 109 Å². The number of para-hydroxylation sites is 1. The minimum Gasteiger partial charge on any atom is -0.274 e. The molecule has 0 radical (unpaired) electrons. The van der Waals surface area contributed by atoms with Gasteiger partial charge in [0.05, 0.1) is 21.5 Å². The van der Waals surface area contributed by atoms with Crippen molar-refractivity contribution in [2.24, 2.45) is 0 Å². The molecule has 0 atom stereocenters. The molecule has 0 aliphatic carbocycles. The molecule has 0 bridgehead atoms. The molecule has 2 rings (SSSR count). The first-order valence-electron chi connectivity index (χ1n) is 5.29. The van der Waals surface area contributed by atoms with Gasteiger partial charge in [-0.1, -0.05) is 12.1 Å². The molecule has 1 amide bonds. The molecule has 18 heavy (non-hydrogen) atoms. The first kappa shape index (κ1) is 13.0. The number of thiazole rings is 1. The van der Waals surface area contributed by atoms with E-state index in [9.17, 15) is 13.2 Å². The van der Waals surface area contributed by atoms with Crippen LogP contribution in [0, 0.1) is 0 Å². The van der Waals surface area contributed by atoms with E-state index in [4.69, 9.17) is 0 Å². The third-order valence-electron chi connectivity index (χ3n) is 2.20. The number of carbonyl (C=O) groups excluding carboxylic acids is 1. The van der Waals surface area contributed by atoms with Crippen molar-refractivity contribution in [1.82, 2.24) is 9.71 Å². The van der Waals surface area contributed by atoms with E-state index in [1.165, 1.54) is 11.3 Å². The summed E-state index contributed by atoms with van der Waals surface area (Å²) in [5.41, 5.74) is 0.904. The zero-order chi connectivity index (χ0) is 13.2. The number of aromatic nitrogens is 1. The van der Waals surface area contributed by atoms with Crippen LogP contribution in [0.2, 0.25) is 0 Å². The van der Waals surface area contributed by atoms with Crippen molar-refractivity contribution in [2.45, 2.75) is 12.8 Å². The van der Waals surface area contributed by atoms with Crippen molar-refractivity contribution < 1.29 is 13.2 Å². The third kappa shape index (κ3) is 3.51. The average Bonchev–Trinajstić information content (AvgIpc) is 2.66. The molecule has 0 aliphatic rings. The van der Waals surface area contributed by atoms with Gasteiger partial charge in [0.2, 0.25) is 15.9 Å². The molecular formula is C11H12N2O3S2. The predicted octanol–water partition coefficient (Wildman–Crippen LogP) is 1.30. The maximum absolute atomic E-state index is 11.3. The van der Waals surface area contributed by atoms with Crippen LogP contribution in [0.5, 0.6) is 0 Å². The summed E-state index contributed by atoms with van der Waals surface area (Å²) in [5.74, 6) is -0.503. The maximum Gasteiger partial charge on any atom is 0.233 e. The fourth-order valence-corrected chi connectivity index (χ4v) is 2.99. The summed E-state index contributed by atoms with van der Waals surface area (Å²) in [5, 5.41) is 0.833. The number of nitrogens with zero attached hydrogens (tertiary/aromatic N) is 1. The Hall–Kier alpha value is -1.47.